The van der Waals surface area contributed by atoms with Gasteiger partial charge in [0.15, 0.2) is 0 Å². The van der Waals surface area contributed by atoms with Crippen LogP contribution in [-0.4, -0.2) is 23.1 Å². The Morgan fingerprint density at radius 1 is 0.857 bits per heavy atom. The Bertz CT molecular complexity index is 280. The number of thioether (sulfide) groups is 1. The second-order valence-corrected chi connectivity index (χ2v) is 6.72. The molecule has 0 aromatic carbocycles. The molecule has 3 aliphatic heterocycles. The summed E-state index contributed by atoms with van der Waals surface area (Å²) < 4.78 is 12.3. The lowest BCUT2D eigenvalue weighted by molar-refractivity contribution is -0.0125. The van der Waals surface area contributed by atoms with Gasteiger partial charge in [-0.3, -0.25) is 0 Å². The Labute approximate surface area is 87.7 Å². The summed E-state index contributed by atoms with van der Waals surface area (Å²) in [5, 5.41) is 0. The first-order chi connectivity index (χ1) is 6.92. The zero-order chi connectivity index (χ0) is 8.86. The molecule has 0 aromatic rings. The molecule has 5 fully saturated rings. The van der Waals surface area contributed by atoms with E-state index >= 15 is 0 Å². The van der Waals surface area contributed by atoms with Crippen LogP contribution < -0.4 is 0 Å². The van der Waals surface area contributed by atoms with E-state index in [1.54, 1.807) is 0 Å². The molecular weight excluding hydrogens is 196 g/mol. The summed E-state index contributed by atoms with van der Waals surface area (Å²) in [7, 11) is 0. The molecule has 2 bridgehead atoms. The molecule has 14 heavy (non-hydrogen) atoms. The average Bonchev–Trinajstić information content (AvgIpc) is 2.82. The van der Waals surface area contributed by atoms with Crippen LogP contribution in [0.5, 0.6) is 0 Å². The van der Waals surface area contributed by atoms with E-state index in [1.807, 2.05) is 11.8 Å². The number of hydrogen-bond donors (Lipinski definition) is 0. The van der Waals surface area contributed by atoms with Crippen molar-refractivity contribution in [1.82, 2.24) is 0 Å². The van der Waals surface area contributed by atoms with E-state index in [0.717, 1.165) is 23.7 Å². The van der Waals surface area contributed by atoms with Gasteiger partial charge in [0.05, 0.1) is 12.2 Å². The molecule has 2 nitrogen and oxygen atoms in total. The van der Waals surface area contributed by atoms with Crippen LogP contribution in [-0.2, 0) is 9.47 Å². The van der Waals surface area contributed by atoms with Gasteiger partial charge in [-0.25, -0.2) is 0 Å². The summed E-state index contributed by atoms with van der Waals surface area (Å²) in [6.07, 6.45) is 5.14. The summed E-state index contributed by atoms with van der Waals surface area (Å²) >= 11 is 2.00. The van der Waals surface area contributed by atoms with Crippen molar-refractivity contribution in [3.8, 4) is 0 Å². The molecule has 5 rings (SSSR count). The van der Waals surface area contributed by atoms with Crippen molar-refractivity contribution in [2.45, 2.75) is 42.3 Å². The Morgan fingerprint density at radius 2 is 1.43 bits per heavy atom. The third kappa shape index (κ3) is 0.642. The topological polar surface area (TPSA) is 18.5 Å². The lowest BCUT2D eigenvalue weighted by Gasteiger charge is -2.33. The molecule has 0 aromatic heterocycles. The van der Waals surface area contributed by atoms with Crippen LogP contribution in [0, 0.1) is 23.7 Å². The molecule has 3 saturated heterocycles. The molecule has 0 N–H and O–H groups in total. The van der Waals surface area contributed by atoms with Crippen LogP contribution in [0.15, 0.2) is 0 Å². The second kappa shape index (κ2) is 2.18. The summed E-state index contributed by atoms with van der Waals surface area (Å²) in [4.78, 5) is 0. The van der Waals surface area contributed by atoms with E-state index in [2.05, 4.69) is 0 Å². The SMILES string of the molecule is C1CC2OC3SC4OC1C1C4CC3C21. The molecule has 2 aliphatic carbocycles. The Kier molecular flexibility index (Phi) is 1.17. The molecule has 3 heterocycles. The lowest BCUT2D eigenvalue weighted by atomic mass is 9.75. The van der Waals surface area contributed by atoms with Gasteiger partial charge in [-0.2, -0.15) is 0 Å². The van der Waals surface area contributed by atoms with Crippen LogP contribution in [0.4, 0.5) is 0 Å². The van der Waals surface area contributed by atoms with Gasteiger partial charge >= 0.3 is 0 Å². The molecule has 76 valence electrons. The maximum atomic E-state index is 6.17. The van der Waals surface area contributed by atoms with Crippen LogP contribution in [0.2, 0.25) is 0 Å². The van der Waals surface area contributed by atoms with Crippen molar-refractivity contribution in [3.63, 3.8) is 0 Å². The third-order valence-electron chi connectivity index (χ3n) is 5.16. The third-order valence-corrected chi connectivity index (χ3v) is 6.61. The fraction of sp³-hybridized carbons (Fsp3) is 1.00. The minimum atomic E-state index is 0.496. The van der Waals surface area contributed by atoms with Gasteiger partial charge < -0.3 is 9.47 Å². The van der Waals surface area contributed by atoms with Gasteiger partial charge in [0.1, 0.15) is 10.9 Å². The molecule has 0 amide bonds. The molecule has 8 atom stereocenters. The van der Waals surface area contributed by atoms with Gasteiger partial charge in [-0.1, -0.05) is 11.8 Å². The maximum absolute atomic E-state index is 6.17. The van der Waals surface area contributed by atoms with Crippen LogP contribution in [0.25, 0.3) is 0 Å². The molecular formula is C11H14O2S. The monoisotopic (exact) mass is 210 g/mol. The van der Waals surface area contributed by atoms with Crippen molar-refractivity contribution in [2.75, 3.05) is 0 Å². The zero-order valence-electron chi connectivity index (χ0n) is 7.96. The highest BCUT2D eigenvalue weighted by molar-refractivity contribution is 8.00. The minimum Gasteiger partial charge on any atom is -0.364 e. The first-order valence-corrected chi connectivity index (χ1v) is 6.82. The van der Waals surface area contributed by atoms with E-state index in [-0.39, 0.29) is 0 Å². The number of rotatable bonds is 0. The van der Waals surface area contributed by atoms with Crippen molar-refractivity contribution in [1.29, 1.82) is 0 Å². The smallest absolute Gasteiger partial charge is 0.109 e. The lowest BCUT2D eigenvalue weighted by Crippen LogP contribution is -2.36. The van der Waals surface area contributed by atoms with Gasteiger partial charge in [0.2, 0.25) is 0 Å². The van der Waals surface area contributed by atoms with Crippen molar-refractivity contribution < 1.29 is 9.47 Å². The normalized spacial score (nSPS) is 72.0. The summed E-state index contributed by atoms with van der Waals surface area (Å²) in [5.74, 6) is 3.54. The van der Waals surface area contributed by atoms with E-state index in [0.29, 0.717) is 23.1 Å². The number of hydrogen-bond acceptors (Lipinski definition) is 3. The molecule has 0 radical (unpaired) electrons. The maximum Gasteiger partial charge on any atom is 0.109 e. The van der Waals surface area contributed by atoms with Crippen molar-refractivity contribution in [2.24, 2.45) is 23.7 Å². The first-order valence-electron chi connectivity index (χ1n) is 5.88. The van der Waals surface area contributed by atoms with Gasteiger partial charge in [0.25, 0.3) is 0 Å². The minimum absolute atomic E-state index is 0.496. The van der Waals surface area contributed by atoms with E-state index in [9.17, 15) is 0 Å². The van der Waals surface area contributed by atoms with Gasteiger partial charge in [0, 0.05) is 11.8 Å². The fourth-order valence-corrected chi connectivity index (χ4v) is 6.47. The number of ether oxygens (including phenoxy) is 2. The van der Waals surface area contributed by atoms with Crippen LogP contribution >= 0.6 is 11.8 Å². The first kappa shape index (κ1) is 7.53. The average molecular weight is 210 g/mol. The van der Waals surface area contributed by atoms with Gasteiger partial charge in [-0.15, -0.1) is 0 Å². The highest BCUT2D eigenvalue weighted by Crippen LogP contribution is 2.68. The molecule has 0 spiro atoms. The van der Waals surface area contributed by atoms with Gasteiger partial charge in [-0.05, 0) is 31.1 Å². The van der Waals surface area contributed by atoms with E-state index < -0.39 is 0 Å². The summed E-state index contributed by atoms with van der Waals surface area (Å²) in [5.41, 5.74) is 0.991. The highest BCUT2D eigenvalue weighted by Gasteiger charge is 2.68. The molecule has 8 unspecified atom stereocenters. The molecule has 3 heteroatoms. The highest BCUT2D eigenvalue weighted by atomic mass is 32.2. The second-order valence-electron chi connectivity index (χ2n) is 5.52. The Hall–Kier alpha value is 0.270. The predicted molar refractivity (Wildman–Crippen MR) is 52.7 cm³/mol. The fourth-order valence-electron chi connectivity index (χ4n) is 4.81. The summed E-state index contributed by atoms with van der Waals surface area (Å²) in [6.45, 7) is 0. The zero-order valence-corrected chi connectivity index (χ0v) is 8.78. The van der Waals surface area contributed by atoms with Crippen molar-refractivity contribution in [3.05, 3.63) is 0 Å². The van der Waals surface area contributed by atoms with E-state index in [1.165, 1.54) is 19.3 Å². The molecule has 5 aliphatic rings. The Balaban J connectivity index is 1.74. The summed E-state index contributed by atoms with van der Waals surface area (Å²) in [6, 6.07) is 0. The predicted octanol–water partition coefficient (Wildman–Crippen LogP) is 1.85. The Morgan fingerprint density at radius 3 is 2.00 bits per heavy atom. The van der Waals surface area contributed by atoms with Crippen molar-refractivity contribution >= 4 is 11.8 Å². The van der Waals surface area contributed by atoms with Crippen LogP contribution in [0.1, 0.15) is 19.3 Å². The standard InChI is InChI=1S/C11H14O2S/c1-2-7-9-5-3-4-8(9)6(1)12-10(4)14-11(5)13-7/h4-11H,1-3H2. The quantitative estimate of drug-likeness (QED) is 0.608. The van der Waals surface area contributed by atoms with Crippen LogP contribution in [0.3, 0.4) is 0 Å². The molecule has 2 saturated carbocycles. The van der Waals surface area contributed by atoms with E-state index in [4.69, 9.17) is 9.47 Å². The largest absolute Gasteiger partial charge is 0.364 e.